The summed E-state index contributed by atoms with van der Waals surface area (Å²) >= 11 is 0. The molecule has 1 aromatic carbocycles. The molecule has 1 aromatic heterocycles. The summed E-state index contributed by atoms with van der Waals surface area (Å²) < 4.78 is 18.9. The Morgan fingerprint density at radius 2 is 2.14 bits per heavy atom. The van der Waals surface area contributed by atoms with Crippen LogP contribution in [0.5, 0.6) is 0 Å². The molecule has 0 aliphatic carbocycles. The van der Waals surface area contributed by atoms with Crippen LogP contribution in [0.25, 0.3) is 0 Å². The number of hydrogen-bond donors (Lipinski definition) is 2. The van der Waals surface area contributed by atoms with E-state index in [4.69, 9.17) is 4.42 Å². The molecule has 5 heteroatoms. The molecule has 0 saturated heterocycles. The predicted molar refractivity (Wildman–Crippen MR) is 76.5 cm³/mol. The second kappa shape index (κ2) is 6.54. The lowest BCUT2D eigenvalue weighted by atomic mass is 10.1. The highest BCUT2D eigenvalue weighted by molar-refractivity contribution is 5.91. The minimum Gasteiger partial charge on any atom is -0.456 e. The molecule has 2 aromatic rings. The van der Waals surface area contributed by atoms with Crippen LogP contribution in [0, 0.1) is 12.7 Å². The number of aliphatic hydroxyl groups is 1. The molecule has 1 heterocycles. The average Bonchev–Trinajstić information content (AvgIpc) is 2.86. The van der Waals surface area contributed by atoms with Gasteiger partial charge in [-0.05, 0) is 24.6 Å². The lowest BCUT2D eigenvalue weighted by Gasteiger charge is -2.12. The summed E-state index contributed by atoms with van der Waals surface area (Å²) in [4.78, 5) is 11.9. The van der Waals surface area contributed by atoms with Gasteiger partial charge in [0.15, 0.2) is 5.76 Å². The summed E-state index contributed by atoms with van der Waals surface area (Å²) in [5, 5.41) is 12.5. The third-order valence-corrected chi connectivity index (χ3v) is 3.29. The van der Waals surface area contributed by atoms with E-state index in [1.807, 2.05) is 13.8 Å². The van der Waals surface area contributed by atoms with Crippen molar-refractivity contribution in [2.24, 2.45) is 0 Å². The molecular formula is C16H18FNO3. The van der Waals surface area contributed by atoms with Gasteiger partial charge in [-0.3, -0.25) is 4.79 Å². The largest absolute Gasteiger partial charge is 0.456 e. The zero-order valence-electron chi connectivity index (χ0n) is 12.0. The van der Waals surface area contributed by atoms with Crippen molar-refractivity contribution in [1.29, 1.82) is 0 Å². The van der Waals surface area contributed by atoms with Crippen molar-refractivity contribution in [3.05, 3.63) is 58.8 Å². The van der Waals surface area contributed by atoms with Gasteiger partial charge in [0.25, 0.3) is 5.91 Å². The minimum atomic E-state index is -1.10. The zero-order chi connectivity index (χ0) is 15.4. The van der Waals surface area contributed by atoms with E-state index < -0.39 is 17.8 Å². The standard InChI is InChI=1S/C16H18FNO3/c1-3-14-10(2)8-15(21-14)16(20)18-9-13(19)11-6-4-5-7-12(11)17/h4-8,13,19H,3,9H2,1-2H3,(H,18,20). The van der Waals surface area contributed by atoms with Crippen molar-refractivity contribution < 1.29 is 18.7 Å². The van der Waals surface area contributed by atoms with E-state index in [1.54, 1.807) is 18.2 Å². The van der Waals surface area contributed by atoms with Crippen LogP contribution >= 0.6 is 0 Å². The van der Waals surface area contributed by atoms with Crippen molar-refractivity contribution in [3.63, 3.8) is 0 Å². The monoisotopic (exact) mass is 291 g/mol. The maximum absolute atomic E-state index is 13.5. The fourth-order valence-electron chi connectivity index (χ4n) is 2.11. The number of aliphatic hydroxyl groups excluding tert-OH is 1. The van der Waals surface area contributed by atoms with Gasteiger partial charge in [0.05, 0.1) is 6.10 Å². The van der Waals surface area contributed by atoms with Crippen molar-refractivity contribution >= 4 is 5.91 Å². The molecule has 0 spiro atoms. The molecule has 0 aliphatic rings. The molecule has 4 nitrogen and oxygen atoms in total. The number of hydrogen-bond acceptors (Lipinski definition) is 3. The van der Waals surface area contributed by atoms with E-state index in [0.29, 0.717) is 6.42 Å². The van der Waals surface area contributed by atoms with E-state index in [1.165, 1.54) is 12.1 Å². The van der Waals surface area contributed by atoms with Gasteiger partial charge in [0, 0.05) is 18.5 Å². The summed E-state index contributed by atoms with van der Waals surface area (Å²) in [6, 6.07) is 7.58. The summed E-state index contributed by atoms with van der Waals surface area (Å²) in [5.74, 6) is 0.0365. The third kappa shape index (κ3) is 3.49. The second-order valence-corrected chi connectivity index (χ2v) is 4.82. The lowest BCUT2D eigenvalue weighted by molar-refractivity contribution is 0.0885. The van der Waals surface area contributed by atoms with Crippen molar-refractivity contribution in [2.75, 3.05) is 6.54 Å². The van der Waals surface area contributed by atoms with Crippen LogP contribution in [0.2, 0.25) is 0 Å². The first-order valence-electron chi connectivity index (χ1n) is 6.83. The normalized spacial score (nSPS) is 12.2. The topological polar surface area (TPSA) is 62.5 Å². The Balaban J connectivity index is 1.99. The molecule has 2 N–H and O–H groups in total. The molecule has 0 aliphatic heterocycles. The molecule has 2 rings (SSSR count). The van der Waals surface area contributed by atoms with Crippen LogP contribution in [0.1, 0.15) is 40.5 Å². The fourth-order valence-corrected chi connectivity index (χ4v) is 2.11. The number of amides is 1. The quantitative estimate of drug-likeness (QED) is 0.890. The van der Waals surface area contributed by atoms with Crippen molar-refractivity contribution in [2.45, 2.75) is 26.4 Å². The first kappa shape index (κ1) is 15.3. The van der Waals surface area contributed by atoms with Crippen molar-refractivity contribution in [1.82, 2.24) is 5.32 Å². The highest BCUT2D eigenvalue weighted by Crippen LogP contribution is 2.17. The minimum absolute atomic E-state index is 0.0824. The Hall–Kier alpha value is -2.14. The summed E-state index contributed by atoms with van der Waals surface area (Å²) in [6.07, 6.45) is -0.395. The number of rotatable bonds is 5. The van der Waals surface area contributed by atoms with Crippen LogP contribution in [-0.4, -0.2) is 17.6 Å². The number of nitrogens with one attached hydrogen (secondary N) is 1. The Kier molecular flexibility index (Phi) is 4.75. The molecule has 0 fully saturated rings. The summed E-state index contributed by atoms with van der Waals surface area (Å²) in [6.45, 7) is 3.73. The van der Waals surface area contributed by atoms with E-state index in [-0.39, 0.29) is 17.9 Å². The van der Waals surface area contributed by atoms with Gasteiger partial charge in [0.2, 0.25) is 0 Å². The molecule has 1 unspecified atom stereocenters. The van der Waals surface area contributed by atoms with E-state index in [2.05, 4.69) is 5.32 Å². The molecule has 0 bridgehead atoms. The Labute approximate surface area is 122 Å². The molecule has 112 valence electrons. The number of carbonyl (C=O) groups excluding carboxylic acids is 1. The smallest absolute Gasteiger partial charge is 0.287 e. The molecule has 1 amide bonds. The highest BCUT2D eigenvalue weighted by Gasteiger charge is 2.17. The van der Waals surface area contributed by atoms with Crippen LogP contribution in [-0.2, 0) is 6.42 Å². The van der Waals surface area contributed by atoms with E-state index >= 15 is 0 Å². The molecule has 21 heavy (non-hydrogen) atoms. The Morgan fingerprint density at radius 1 is 1.43 bits per heavy atom. The van der Waals surface area contributed by atoms with E-state index in [9.17, 15) is 14.3 Å². The first-order chi connectivity index (χ1) is 10.0. The average molecular weight is 291 g/mol. The molecule has 1 atom stereocenters. The van der Waals surface area contributed by atoms with Gasteiger partial charge in [-0.2, -0.15) is 0 Å². The SMILES string of the molecule is CCc1oc(C(=O)NCC(O)c2ccccc2F)cc1C. The Morgan fingerprint density at radius 3 is 2.76 bits per heavy atom. The molecular weight excluding hydrogens is 273 g/mol. The van der Waals surface area contributed by atoms with Gasteiger partial charge in [0.1, 0.15) is 11.6 Å². The van der Waals surface area contributed by atoms with Crippen molar-refractivity contribution in [3.8, 4) is 0 Å². The van der Waals surface area contributed by atoms with Gasteiger partial charge in [-0.15, -0.1) is 0 Å². The maximum Gasteiger partial charge on any atom is 0.287 e. The Bertz CT molecular complexity index is 636. The number of benzene rings is 1. The van der Waals surface area contributed by atoms with Gasteiger partial charge in [-0.25, -0.2) is 4.39 Å². The number of furan rings is 1. The van der Waals surface area contributed by atoms with Crippen LogP contribution < -0.4 is 5.32 Å². The lowest BCUT2D eigenvalue weighted by Crippen LogP contribution is -2.28. The molecule has 0 saturated carbocycles. The zero-order valence-corrected chi connectivity index (χ0v) is 12.0. The maximum atomic E-state index is 13.5. The molecule has 0 radical (unpaired) electrons. The number of halogens is 1. The number of aryl methyl sites for hydroxylation is 2. The summed E-state index contributed by atoms with van der Waals surface area (Å²) in [7, 11) is 0. The third-order valence-electron chi connectivity index (χ3n) is 3.29. The van der Waals surface area contributed by atoms with Gasteiger partial charge in [-0.1, -0.05) is 25.1 Å². The van der Waals surface area contributed by atoms with Crippen LogP contribution in [0.15, 0.2) is 34.7 Å². The van der Waals surface area contributed by atoms with Crippen LogP contribution in [0.3, 0.4) is 0 Å². The predicted octanol–water partition coefficient (Wildman–Crippen LogP) is 2.75. The first-order valence-corrected chi connectivity index (χ1v) is 6.83. The van der Waals surface area contributed by atoms with Gasteiger partial charge < -0.3 is 14.8 Å². The summed E-state index contributed by atoms with van der Waals surface area (Å²) in [5.41, 5.74) is 1.07. The van der Waals surface area contributed by atoms with Gasteiger partial charge >= 0.3 is 0 Å². The second-order valence-electron chi connectivity index (χ2n) is 4.82. The van der Waals surface area contributed by atoms with E-state index in [0.717, 1.165) is 11.3 Å². The fraction of sp³-hybridized carbons (Fsp3) is 0.312. The number of carbonyl (C=O) groups is 1. The van der Waals surface area contributed by atoms with Crippen LogP contribution in [0.4, 0.5) is 4.39 Å². The highest BCUT2D eigenvalue weighted by atomic mass is 19.1.